The summed E-state index contributed by atoms with van der Waals surface area (Å²) < 4.78 is 1.36. The van der Waals surface area contributed by atoms with Crippen LogP contribution >= 0.6 is 27.7 Å². The maximum atomic E-state index is 4.50. The fourth-order valence-corrected chi connectivity index (χ4v) is 4.11. The molecule has 2 aromatic heterocycles. The van der Waals surface area contributed by atoms with Crippen molar-refractivity contribution in [2.45, 2.75) is 30.4 Å². The summed E-state index contributed by atoms with van der Waals surface area (Å²) in [5.41, 5.74) is 2.96. The second-order valence-corrected chi connectivity index (χ2v) is 7.52. The van der Waals surface area contributed by atoms with Crippen LogP contribution in [0.15, 0.2) is 29.0 Å². The summed E-state index contributed by atoms with van der Waals surface area (Å²) in [6.45, 7) is 1.00. The molecule has 20 heavy (non-hydrogen) atoms. The Hall–Kier alpha value is -0.810. The van der Waals surface area contributed by atoms with Crippen LogP contribution in [0.2, 0.25) is 0 Å². The molecular weight excluding hydrogens is 334 g/mol. The highest BCUT2D eigenvalue weighted by Crippen LogP contribution is 2.40. The van der Waals surface area contributed by atoms with E-state index in [1.54, 1.807) is 0 Å². The largest absolute Gasteiger partial charge is 0.382 e. The minimum atomic E-state index is 0.394. The number of nitrogens with one attached hydrogen (secondary N) is 1. The van der Waals surface area contributed by atoms with E-state index >= 15 is 0 Å². The number of fused-ring (bicyclic) bond motifs is 1. The number of pyridine rings is 2. The summed E-state index contributed by atoms with van der Waals surface area (Å²) in [5, 5.41) is 3.60. The molecule has 3 nitrogen and oxygen atoms in total. The molecule has 2 aromatic rings. The molecule has 0 spiro atoms. The Bertz CT molecular complexity index is 611. The van der Waals surface area contributed by atoms with E-state index in [0.29, 0.717) is 4.75 Å². The molecule has 0 aromatic carbocycles. The third kappa shape index (κ3) is 2.79. The van der Waals surface area contributed by atoms with Gasteiger partial charge in [-0.05, 0) is 47.2 Å². The highest BCUT2D eigenvalue weighted by Gasteiger charge is 2.32. The van der Waals surface area contributed by atoms with Crippen molar-refractivity contribution < 1.29 is 0 Å². The van der Waals surface area contributed by atoms with Gasteiger partial charge in [-0.25, -0.2) is 0 Å². The maximum Gasteiger partial charge on any atom is 0.112 e. The van der Waals surface area contributed by atoms with Gasteiger partial charge in [0, 0.05) is 28.2 Å². The monoisotopic (exact) mass is 351 g/mol. The van der Waals surface area contributed by atoms with Crippen LogP contribution in [0, 0.1) is 0 Å². The first-order chi connectivity index (χ1) is 9.72. The van der Waals surface area contributed by atoms with E-state index in [4.69, 9.17) is 0 Å². The second kappa shape index (κ2) is 5.90. The summed E-state index contributed by atoms with van der Waals surface area (Å²) in [6, 6.07) is 4.03. The maximum absolute atomic E-state index is 4.50. The second-order valence-electron chi connectivity index (χ2n) is 5.33. The minimum absolute atomic E-state index is 0.394. The smallest absolute Gasteiger partial charge is 0.112 e. The Morgan fingerprint density at radius 1 is 1.35 bits per heavy atom. The quantitative estimate of drug-likeness (QED) is 0.880. The van der Waals surface area contributed by atoms with Gasteiger partial charge < -0.3 is 5.32 Å². The molecule has 1 N–H and O–H groups in total. The van der Waals surface area contributed by atoms with Gasteiger partial charge in [-0.2, -0.15) is 11.8 Å². The fourth-order valence-electron chi connectivity index (χ4n) is 2.88. The van der Waals surface area contributed by atoms with E-state index < -0.39 is 0 Å². The normalized spacial score (nSPS) is 17.5. The van der Waals surface area contributed by atoms with Gasteiger partial charge in [0.05, 0.1) is 11.2 Å². The van der Waals surface area contributed by atoms with Crippen LogP contribution in [0.3, 0.4) is 0 Å². The van der Waals surface area contributed by atoms with Gasteiger partial charge >= 0.3 is 0 Å². The van der Waals surface area contributed by atoms with E-state index in [9.17, 15) is 0 Å². The van der Waals surface area contributed by atoms with Crippen LogP contribution in [0.1, 0.15) is 25.7 Å². The van der Waals surface area contributed by atoms with Crippen molar-refractivity contribution in [1.82, 2.24) is 9.97 Å². The van der Waals surface area contributed by atoms with E-state index in [1.807, 2.05) is 36.3 Å². The molecule has 1 fully saturated rings. The average Bonchev–Trinajstić information content (AvgIpc) is 2.94. The van der Waals surface area contributed by atoms with Crippen LogP contribution in [0.4, 0.5) is 5.69 Å². The molecule has 3 rings (SSSR count). The van der Waals surface area contributed by atoms with Gasteiger partial charge in [-0.15, -0.1) is 0 Å². The van der Waals surface area contributed by atoms with Crippen LogP contribution in [0.25, 0.3) is 11.0 Å². The van der Waals surface area contributed by atoms with Crippen molar-refractivity contribution in [2.75, 3.05) is 18.1 Å². The summed E-state index contributed by atoms with van der Waals surface area (Å²) in [6.07, 6.45) is 11.2. The molecule has 0 bridgehead atoms. The Kier molecular flexibility index (Phi) is 4.17. The lowest BCUT2D eigenvalue weighted by atomic mass is 10.1. The number of aromatic nitrogens is 2. The number of nitrogens with zero attached hydrogens (tertiary/aromatic N) is 2. The topological polar surface area (TPSA) is 37.8 Å². The van der Waals surface area contributed by atoms with Crippen molar-refractivity contribution in [3.8, 4) is 0 Å². The molecule has 1 aliphatic carbocycles. The summed E-state index contributed by atoms with van der Waals surface area (Å²) in [4.78, 5) is 8.88. The van der Waals surface area contributed by atoms with Crippen molar-refractivity contribution in [3.63, 3.8) is 0 Å². The fraction of sp³-hybridized carbons (Fsp3) is 0.467. The number of halogens is 1. The molecule has 0 amide bonds. The van der Waals surface area contributed by atoms with Crippen LogP contribution in [0.5, 0.6) is 0 Å². The molecule has 0 saturated heterocycles. The Morgan fingerprint density at radius 3 is 2.90 bits per heavy atom. The first-order valence-corrected chi connectivity index (χ1v) is 8.93. The van der Waals surface area contributed by atoms with Crippen molar-refractivity contribution in [2.24, 2.45) is 0 Å². The summed E-state index contributed by atoms with van der Waals surface area (Å²) in [7, 11) is 0. The van der Waals surface area contributed by atoms with Gasteiger partial charge in [-0.1, -0.05) is 12.8 Å². The number of hydrogen-bond donors (Lipinski definition) is 1. The van der Waals surface area contributed by atoms with Crippen LogP contribution in [-0.2, 0) is 0 Å². The van der Waals surface area contributed by atoms with Crippen molar-refractivity contribution in [1.29, 1.82) is 0 Å². The highest BCUT2D eigenvalue weighted by atomic mass is 79.9. The van der Waals surface area contributed by atoms with Gasteiger partial charge in [0.2, 0.25) is 0 Å². The lowest BCUT2D eigenvalue weighted by Crippen LogP contribution is -2.30. The van der Waals surface area contributed by atoms with Gasteiger partial charge in [0.1, 0.15) is 5.52 Å². The average molecular weight is 352 g/mol. The Morgan fingerprint density at radius 2 is 2.15 bits per heavy atom. The molecule has 0 atom stereocenters. The number of thioether (sulfide) groups is 1. The number of hydrogen-bond acceptors (Lipinski definition) is 4. The lowest BCUT2D eigenvalue weighted by molar-refractivity contribution is 0.640. The molecule has 5 heteroatoms. The minimum Gasteiger partial charge on any atom is -0.382 e. The van der Waals surface area contributed by atoms with Gasteiger partial charge in [0.25, 0.3) is 0 Å². The summed E-state index contributed by atoms with van der Waals surface area (Å²) in [5.74, 6) is 0. The van der Waals surface area contributed by atoms with Crippen molar-refractivity contribution in [3.05, 3.63) is 29.0 Å². The first-order valence-electron chi connectivity index (χ1n) is 6.92. The van der Waals surface area contributed by atoms with Gasteiger partial charge in [0.15, 0.2) is 0 Å². The molecule has 0 aliphatic heterocycles. The molecule has 0 unspecified atom stereocenters. The Labute approximate surface area is 132 Å². The molecule has 106 valence electrons. The predicted molar refractivity (Wildman–Crippen MR) is 90.4 cm³/mol. The highest BCUT2D eigenvalue weighted by molar-refractivity contribution is 9.10. The lowest BCUT2D eigenvalue weighted by Gasteiger charge is -2.27. The SMILES string of the molecule is CSC1(CNc2ccnc3cc(Br)cnc23)CCCC1. The third-order valence-electron chi connectivity index (χ3n) is 4.09. The Balaban J connectivity index is 1.84. The van der Waals surface area contributed by atoms with Crippen LogP contribution < -0.4 is 5.32 Å². The van der Waals surface area contributed by atoms with E-state index in [-0.39, 0.29) is 0 Å². The molecule has 2 heterocycles. The molecular formula is C15H18BrN3S. The molecule has 0 radical (unpaired) electrons. The van der Waals surface area contributed by atoms with E-state index in [2.05, 4.69) is 37.5 Å². The first kappa shape index (κ1) is 14.1. The third-order valence-corrected chi connectivity index (χ3v) is 5.95. The zero-order valence-electron chi connectivity index (χ0n) is 11.5. The zero-order chi connectivity index (χ0) is 14.0. The molecule has 1 saturated carbocycles. The van der Waals surface area contributed by atoms with E-state index in [0.717, 1.165) is 27.7 Å². The summed E-state index contributed by atoms with van der Waals surface area (Å²) >= 11 is 5.44. The number of anilines is 1. The van der Waals surface area contributed by atoms with E-state index in [1.165, 1.54) is 25.7 Å². The van der Waals surface area contributed by atoms with Gasteiger partial charge in [-0.3, -0.25) is 9.97 Å². The predicted octanol–water partition coefficient (Wildman–Crippen LogP) is 4.48. The number of rotatable bonds is 4. The zero-order valence-corrected chi connectivity index (χ0v) is 13.9. The molecule has 1 aliphatic rings. The standard InChI is InChI=1S/C15H18BrN3S/c1-20-15(5-2-3-6-15)10-19-12-4-7-17-13-8-11(16)9-18-14(12)13/h4,7-9H,2-3,5-6,10H2,1H3,(H,17,19). The van der Waals surface area contributed by atoms with Crippen LogP contribution in [-0.4, -0.2) is 27.5 Å². The van der Waals surface area contributed by atoms with Crippen molar-refractivity contribution >= 4 is 44.4 Å².